The van der Waals surface area contributed by atoms with Crippen molar-refractivity contribution in [2.75, 3.05) is 6.61 Å². The van der Waals surface area contributed by atoms with E-state index in [1.807, 2.05) is 0 Å². The van der Waals surface area contributed by atoms with Crippen molar-refractivity contribution in [1.82, 2.24) is 0 Å². The first-order chi connectivity index (χ1) is 5.84. The number of hydrogen-bond donors (Lipinski definition) is 2. The van der Waals surface area contributed by atoms with Gasteiger partial charge in [0, 0.05) is 0 Å². The molecule has 1 unspecified atom stereocenters. The van der Waals surface area contributed by atoms with Gasteiger partial charge in [-0.2, -0.15) is 0 Å². The summed E-state index contributed by atoms with van der Waals surface area (Å²) in [6.45, 7) is -0.0648. The molecular formula is C10H20O2. The SMILES string of the molecule is OCC(O)C1CCCCCCC1. The molecule has 0 aromatic carbocycles. The van der Waals surface area contributed by atoms with E-state index >= 15 is 0 Å². The molecule has 1 aliphatic rings. The van der Waals surface area contributed by atoms with E-state index in [1.165, 1.54) is 32.1 Å². The van der Waals surface area contributed by atoms with E-state index in [1.54, 1.807) is 0 Å². The Bertz CT molecular complexity index is 106. The van der Waals surface area contributed by atoms with E-state index in [-0.39, 0.29) is 6.61 Å². The lowest BCUT2D eigenvalue weighted by molar-refractivity contribution is 0.0367. The number of hydrogen-bond acceptors (Lipinski definition) is 2. The Balaban J connectivity index is 2.29. The second kappa shape index (κ2) is 5.55. The number of aliphatic hydroxyl groups excluding tert-OH is 2. The average molecular weight is 172 g/mol. The first kappa shape index (κ1) is 10.0. The fourth-order valence-corrected chi connectivity index (χ4v) is 2.02. The first-order valence-electron chi connectivity index (χ1n) is 5.13. The molecule has 0 spiro atoms. The van der Waals surface area contributed by atoms with Gasteiger partial charge in [-0.25, -0.2) is 0 Å². The summed E-state index contributed by atoms with van der Waals surface area (Å²) >= 11 is 0. The van der Waals surface area contributed by atoms with Crippen LogP contribution < -0.4 is 0 Å². The van der Waals surface area contributed by atoms with Crippen LogP contribution in [0.2, 0.25) is 0 Å². The van der Waals surface area contributed by atoms with E-state index in [4.69, 9.17) is 5.11 Å². The van der Waals surface area contributed by atoms with Gasteiger partial charge in [0.15, 0.2) is 0 Å². The maximum absolute atomic E-state index is 9.45. The van der Waals surface area contributed by atoms with Gasteiger partial charge in [-0.05, 0) is 18.8 Å². The molecule has 0 heterocycles. The van der Waals surface area contributed by atoms with Crippen LogP contribution in [0.5, 0.6) is 0 Å². The van der Waals surface area contributed by atoms with Crippen LogP contribution in [0, 0.1) is 5.92 Å². The summed E-state index contributed by atoms with van der Waals surface area (Å²) in [6, 6.07) is 0. The molecule has 72 valence electrons. The van der Waals surface area contributed by atoms with Gasteiger partial charge in [0.2, 0.25) is 0 Å². The quantitative estimate of drug-likeness (QED) is 0.665. The molecule has 0 aromatic heterocycles. The van der Waals surface area contributed by atoms with Crippen LogP contribution in [0.25, 0.3) is 0 Å². The van der Waals surface area contributed by atoms with Crippen molar-refractivity contribution in [2.24, 2.45) is 5.92 Å². The van der Waals surface area contributed by atoms with Crippen LogP contribution in [0.1, 0.15) is 44.9 Å². The monoisotopic (exact) mass is 172 g/mol. The number of aliphatic hydroxyl groups is 2. The second-order valence-corrected chi connectivity index (χ2v) is 3.86. The topological polar surface area (TPSA) is 40.5 Å². The van der Waals surface area contributed by atoms with Gasteiger partial charge in [0.25, 0.3) is 0 Å². The molecule has 12 heavy (non-hydrogen) atoms. The molecule has 0 amide bonds. The molecule has 1 aliphatic carbocycles. The highest BCUT2D eigenvalue weighted by Gasteiger charge is 2.18. The summed E-state index contributed by atoms with van der Waals surface area (Å²) in [6.07, 6.45) is 8.13. The lowest BCUT2D eigenvalue weighted by atomic mass is 9.87. The summed E-state index contributed by atoms with van der Waals surface area (Å²) < 4.78 is 0. The van der Waals surface area contributed by atoms with Crippen molar-refractivity contribution in [1.29, 1.82) is 0 Å². The Kier molecular flexibility index (Phi) is 4.62. The molecule has 1 fully saturated rings. The fraction of sp³-hybridized carbons (Fsp3) is 1.00. The summed E-state index contributed by atoms with van der Waals surface area (Å²) in [4.78, 5) is 0. The molecule has 0 saturated heterocycles. The highest BCUT2D eigenvalue weighted by atomic mass is 16.3. The lowest BCUT2D eigenvalue weighted by Gasteiger charge is -2.23. The third-order valence-corrected chi connectivity index (χ3v) is 2.88. The summed E-state index contributed by atoms with van der Waals surface area (Å²) in [5.74, 6) is 0.357. The van der Waals surface area contributed by atoms with Crippen molar-refractivity contribution in [3.63, 3.8) is 0 Å². The van der Waals surface area contributed by atoms with Crippen LogP contribution in [0.3, 0.4) is 0 Å². The molecule has 1 rings (SSSR count). The fourth-order valence-electron chi connectivity index (χ4n) is 2.02. The molecule has 1 atom stereocenters. The van der Waals surface area contributed by atoms with Crippen molar-refractivity contribution < 1.29 is 10.2 Å². The van der Waals surface area contributed by atoms with Gasteiger partial charge in [0.1, 0.15) is 0 Å². The van der Waals surface area contributed by atoms with E-state index in [2.05, 4.69) is 0 Å². The first-order valence-corrected chi connectivity index (χ1v) is 5.13. The molecule has 0 radical (unpaired) electrons. The highest BCUT2D eigenvalue weighted by Crippen LogP contribution is 2.24. The smallest absolute Gasteiger partial charge is 0.0799 e. The Morgan fingerprint density at radius 1 is 1.00 bits per heavy atom. The molecule has 0 aromatic rings. The van der Waals surface area contributed by atoms with Gasteiger partial charge >= 0.3 is 0 Å². The third kappa shape index (κ3) is 3.11. The Hall–Kier alpha value is -0.0800. The van der Waals surface area contributed by atoms with Crippen LogP contribution in [0.15, 0.2) is 0 Å². The van der Waals surface area contributed by atoms with Crippen molar-refractivity contribution in [2.45, 2.75) is 51.0 Å². The lowest BCUT2D eigenvalue weighted by Crippen LogP contribution is -2.24. The normalized spacial score (nSPS) is 24.5. The minimum atomic E-state index is -0.469. The molecular weight excluding hydrogens is 152 g/mol. The third-order valence-electron chi connectivity index (χ3n) is 2.88. The average Bonchev–Trinajstić information content (AvgIpc) is 2.02. The van der Waals surface area contributed by atoms with E-state index in [0.29, 0.717) is 5.92 Å². The van der Waals surface area contributed by atoms with Crippen LogP contribution in [0.4, 0.5) is 0 Å². The maximum atomic E-state index is 9.45. The maximum Gasteiger partial charge on any atom is 0.0799 e. The standard InChI is InChI=1S/C10H20O2/c11-8-10(12)9-6-4-2-1-3-5-7-9/h9-12H,1-8H2. The van der Waals surface area contributed by atoms with E-state index in [9.17, 15) is 5.11 Å². The van der Waals surface area contributed by atoms with Gasteiger partial charge in [-0.1, -0.05) is 32.1 Å². The van der Waals surface area contributed by atoms with Crippen LogP contribution in [-0.2, 0) is 0 Å². The molecule has 0 bridgehead atoms. The molecule has 0 aliphatic heterocycles. The Morgan fingerprint density at radius 3 is 2.00 bits per heavy atom. The minimum Gasteiger partial charge on any atom is -0.394 e. The van der Waals surface area contributed by atoms with Crippen molar-refractivity contribution in [3.8, 4) is 0 Å². The largest absolute Gasteiger partial charge is 0.394 e. The van der Waals surface area contributed by atoms with Gasteiger partial charge in [-0.3, -0.25) is 0 Å². The molecule has 2 heteroatoms. The summed E-state index contributed by atoms with van der Waals surface area (Å²) in [5, 5.41) is 18.2. The highest BCUT2D eigenvalue weighted by molar-refractivity contribution is 4.70. The van der Waals surface area contributed by atoms with Crippen molar-refractivity contribution in [3.05, 3.63) is 0 Å². The number of rotatable bonds is 2. The van der Waals surface area contributed by atoms with Crippen molar-refractivity contribution >= 4 is 0 Å². The minimum absolute atomic E-state index is 0.0648. The van der Waals surface area contributed by atoms with E-state index in [0.717, 1.165) is 12.8 Å². The summed E-state index contributed by atoms with van der Waals surface area (Å²) in [7, 11) is 0. The zero-order valence-corrected chi connectivity index (χ0v) is 7.71. The summed E-state index contributed by atoms with van der Waals surface area (Å²) in [5.41, 5.74) is 0. The molecule has 1 saturated carbocycles. The molecule has 2 N–H and O–H groups in total. The van der Waals surface area contributed by atoms with Crippen LogP contribution in [-0.4, -0.2) is 22.9 Å². The predicted molar refractivity (Wildman–Crippen MR) is 48.9 cm³/mol. The van der Waals surface area contributed by atoms with Crippen LogP contribution >= 0.6 is 0 Å². The second-order valence-electron chi connectivity index (χ2n) is 3.86. The van der Waals surface area contributed by atoms with Gasteiger partial charge in [0.05, 0.1) is 12.7 Å². The zero-order chi connectivity index (χ0) is 8.81. The van der Waals surface area contributed by atoms with Gasteiger partial charge < -0.3 is 10.2 Å². The van der Waals surface area contributed by atoms with Gasteiger partial charge in [-0.15, -0.1) is 0 Å². The Labute approximate surface area is 74.6 Å². The zero-order valence-electron chi connectivity index (χ0n) is 7.71. The predicted octanol–water partition coefficient (Wildman–Crippen LogP) is 1.70. The van der Waals surface area contributed by atoms with E-state index < -0.39 is 6.10 Å². The molecule has 2 nitrogen and oxygen atoms in total. The Morgan fingerprint density at radius 2 is 1.50 bits per heavy atom.